The SMILES string of the molecule is CN(C)C(=O)c1cccc(NC(=O)c2cc(S(=O)(=O)N(C)C)ccc2Cl)c1. The predicted octanol–water partition coefficient (Wildman–Crippen LogP) is 2.54. The standard InChI is InChI=1S/C18H20ClN3O4S/c1-21(2)18(24)12-6-5-7-13(10-12)20-17(23)15-11-14(8-9-16(15)19)27(25,26)22(3)4/h5-11H,1-4H3,(H,20,23). The highest BCUT2D eigenvalue weighted by Gasteiger charge is 2.21. The Bertz CT molecular complexity index is 988. The first kappa shape index (κ1) is 20.9. The fourth-order valence-electron chi connectivity index (χ4n) is 2.24. The van der Waals surface area contributed by atoms with Crippen molar-refractivity contribution in [2.45, 2.75) is 4.90 Å². The lowest BCUT2D eigenvalue weighted by atomic mass is 10.1. The molecule has 0 bridgehead atoms. The molecule has 0 aliphatic rings. The van der Waals surface area contributed by atoms with Crippen molar-refractivity contribution in [3.8, 4) is 0 Å². The second-order valence-corrected chi connectivity index (χ2v) is 8.72. The third kappa shape index (κ3) is 4.65. The number of anilines is 1. The molecular weight excluding hydrogens is 390 g/mol. The van der Waals surface area contributed by atoms with Gasteiger partial charge in [-0.25, -0.2) is 12.7 Å². The van der Waals surface area contributed by atoms with Crippen LogP contribution in [0, 0.1) is 0 Å². The molecule has 2 aromatic rings. The molecule has 2 aromatic carbocycles. The molecule has 7 nitrogen and oxygen atoms in total. The van der Waals surface area contributed by atoms with Crippen LogP contribution in [0.1, 0.15) is 20.7 Å². The summed E-state index contributed by atoms with van der Waals surface area (Å²) in [5.74, 6) is -0.784. The summed E-state index contributed by atoms with van der Waals surface area (Å²) < 4.78 is 25.6. The van der Waals surface area contributed by atoms with Gasteiger partial charge in [0.05, 0.1) is 15.5 Å². The molecule has 0 aliphatic heterocycles. The summed E-state index contributed by atoms with van der Waals surface area (Å²) in [5.41, 5.74) is 0.821. The van der Waals surface area contributed by atoms with Crippen molar-refractivity contribution in [2.75, 3.05) is 33.5 Å². The number of nitrogens with one attached hydrogen (secondary N) is 1. The molecule has 0 heterocycles. The Kier molecular flexibility index (Phi) is 6.25. The molecule has 1 N–H and O–H groups in total. The molecule has 0 radical (unpaired) electrons. The minimum Gasteiger partial charge on any atom is -0.345 e. The van der Waals surface area contributed by atoms with Gasteiger partial charge in [0, 0.05) is 39.4 Å². The van der Waals surface area contributed by atoms with Crippen LogP contribution in [0.4, 0.5) is 5.69 Å². The Morgan fingerprint density at radius 2 is 1.67 bits per heavy atom. The van der Waals surface area contributed by atoms with E-state index in [4.69, 9.17) is 11.6 Å². The third-order valence-electron chi connectivity index (χ3n) is 3.73. The predicted molar refractivity (Wildman–Crippen MR) is 105 cm³/mol. The lowest BCUT2D eigenvalue weighted by Gasteiger charge is -2.14. The van der Waals surface area contributed by atoms with Gasteiger partial charge in [-0.1, -0.05) is 17.7 Å². The maximum absolute atomic E-state index is 12.6. The molecule has 0 aromatic heterocycles. The number of nitrogens with zero attached hydrogens (tertiary/aromatic N) is 2. The highest BCUT2D eigenvalue weighted by molar-refractivity contribution is 7.89. The first-order valence-electron chi connectivity index (χ1n) is 7.89. The van der Waals surface area contributed by atoms with E-state index in [1.165, 1.54) is 43.3 Å². The van der Waals surface area contributed by atoms with Crippen LogP contribution in [0.25, 0.3) is 0 Å². The number of carbonyl (C=O) groups is 2. The van der Waals surface area contributed by atoms with Gasteiger partial charge in [0.15, 0.2) is 0 Å². The van der Waals surface area contributed by atoms with Gasteiger partial charge in [0.25, 0.3) is 11.8 Å². The second-order valence-electron chi connectivity index (χ2n) is 6.16. The summed E-state index contributed by atoms with van der Waals surface area (Å²) in [5, 5.41) is 2.75. The maximum atomic E-state index is 12.6. The molecule has 0 fully saturated rings. The first-order valence-corrected chi connectivity index (χ1v) is 9.71. The molecule has 27 heavy (non-hydrogen) atoms. The van der Waals surface area contributed by atoms with Gasteiger partial charge in [-0.15, -0.1) is 0 Å². The monoisotopic (exact) mass is 409 g/mol. The number of sulfonamides is 1. The quantitative estimate of drug-likeness (QED) is 0.822. The summed E-state index contributed by atoms with van der Waals surface area (Å²) in [6.07, 6.45) is 0. The molecule has 0 saturated heterocycles. The number of carbonyl (C=O) groups excluding carboxylic acids is 2. The van der Waals surface area contributed by atoms with Crippen LogP contribution >= 0.6 is 11.6 Å². The van der Waals surface area contributed by atoms with E-state index in [0.717, 1.165) is 4.31 Å². The summed E-state index contributed by atoms with van der Waals surface area (Å²) in [4.78, 5) is 26.0. The van der Waals surface area contributed by atoms with Gasteiger partial charge in [-0.2, -0.15) is 0 Å². The van der Waals surface area contributed by atoms with Gasteiger partial charge < -0.3 is 10.2 Å². The van der Waals surface area contributed by atoms with Crippen LogP contribution in [0.3, 0.4) is 0 Å². The zero-order valence-corrected chi connectivity index (χ0v) is 16.9. The maximum Gasteiger partial charge on any atom is 0.257 e. The summed E-state index contributed by atoms with van der Waals surface area (Å²) >= 11 is 6.08. The number of amides is 2. The first-order chi connectivity index (χ1) is 12.5. The molecule has 0 aliphatic carbocycles. The van der Waals surface area contributed by atoms with Crippen LogP contribution < -0.4 is 5.32 Å². The van der Waals surface area contributed by atoms with Gasteiger partial charge in [0.2, 0.25) is 10.0 Å². The van der Waals surface area contributed by atoms with Crippen LogP contribution in [0.2, 0.25) is 5.02 Å². The summed E-state index contributed by atoms with van der Waals surface area (Å²) in [7, 11) is 2.35. The Labute approximate surface area is 163 Å². The fraction of sp³-hybridized carbons (Fsp3) is 0.222. The number of benzene rings is 2. The summed E-state index contributed by atoms with van der Waals surface area (Å²) in [6, 6.07) is 10.4. The molecule has 0 unspecified atom stereocenters. The summed E-state index contributed by atoms with van der Waals surface area (Å²) in [6.45, 7) is 0. The molecule has 0 saturated carbocycles. The fourth-order valence-corrected chi connectivity index (χ4v) is 3.37. The molecule has 2 amide bonds. The molecule has 144 valence electrons. The van der Waals surface area contributed by atoms with Crippen molar-refractivity contribution in [3.63, 3.8) is 0 Å². The van der Waals surface area contributed by atoms with Crippen molar-refractivity contribution in [1.29, 1.82) is 0 Å². The lowest BCUT2D eigenvalue weighted by molar-refractivity contribution is 0.0827. The minimum absolute atomic E-state index is 0.0175. The van der Waals surface area contributed by atoms with Gasteiger partial charge in [0.1, 0.15) is 0 Å². The Morgan fingerprint density at radius 1 is 1.00 bits per heavy atom. The topological polar surface area (TPSA) is 86.8 Å². The lowest BCUT2D eigenvalue weighted by Crippen LogP contribution is -2.23. The van der Waals surface area contributed by atoms with E-state index < -0.39 is 15.9 Å². The minimum atomic E-state index is -3.71. The van der Waals surface area contributed by atoms with Gasteiger partial charge in [-0.05, 0) is 36.4 Å². The number of halogens is 1. The second kappa shape index (κ2) is 8.08. The van der Waals surface area contributed by atoms with E-state index >= 15 is 0 Å². The average molecular weight is 410 g/mol. The van der Waals surface area contributed by atoms with E-state index in [0.29, 0.717) is 11.3 Å². The molecule has 0 spiro atoms. The van der Waals surface area contributed by atoms with E-state index in [9.17, 15) is 18.0 Å². The van der Waals surface area contributed by atoms with Gasteiger partial charge >= 0.3 is 0 Å². The van der Waals surface area contributed by atoms with E-state index in [1.54, 1.807) is 32.3 Å². The van der Waals surface area contributed by atoms with Crippen LogP contribution in [0.5, 0.6) is 0 Å². The van der Waals surface area contributed by atoms with Crippen molar-refractivity contribution in [2.24, 2.45) is 0 Å². The number of hydrogen-bond acceptors (Lipinski definition) is 4. The van der Waals surface area contributed by atoms with Crippen LogP contribution in [0.15, 0.2) is 47.4 Å². The number of hydrogen-bond donors (Lipinski definition) is 1. The normalized spacial score (nSPS) is 11.3. The van der Waals surface area contributed by atoms with Crippen LogP contribution in [-0.2, 0) is 10.0 Å². The van der Waals surface area contributed by atoms with E-state index in [1.807, 2.05) is 0 Å². The molecule has 2 rings (SSSR count). The zero-order valence-electron chi connectivity index (χ0n) is 15.4. The largest absolute Gasteiger partial charge is 0.345 e. The van der Waals surface area contributed by atoms with Crippen molar-refractivity contribution in [1.82, 2.24) is 9.21 Å². The molecule has 9 heteroatoms. The molecule has 0 atom stereocenters. The van der Waals surface area contributed by atoms with Crippen LogP contribution in [-0.4, -0.2) is 57.6 Å². The smallest absolute Gasteiger partial charge is 0.257 e. The van der Waals surface area contributed by atoms with E-state index in [-0.39, 0.29) is 21.4 Å². The zero-order chi connectivity index (χ0) is 20.4. The van der Waals surface area contributed by atoms with E-state index in [2.05, 4.69) is 5.32 Å². The Hall–Kier alpha value is -2.42. The van der Waals surface area contributed by atoms with Crippen molar-refractivity contribution >= 4 is 39.1 Å². The highest BCUT2D eigenvalue weighted by Crippen LogP contribution is 2.23. The third-order valence-corrected chi connectivity index (χ3v) is 5.88. The Balaban J connectivity index is 2.34. The highest BCUT2D eigenvalue weighted by atomic mass is 35.5. The van der Waals surface area contributed by atoms with Crippen molar-refractivity contribution < 1.29 is 18.0 Å². The average Bonchev–Trinajstić information content (AvgIpc) is 2.61. The molecular formula is C18H20ClN3O4S. The van der Waals surface area contributed by atoms with Crippen molar-refractivity contribution in [3.05, 3.63) is 58.6 Å². The number of rotatable bonds is 5. The van der Waals surface area contributed by atoms with Gasteiger partial charge in [-0.3, -0.25) is 9.59 Å². The Morgan fingerprint density at radius 3 is 2.26 bits per heavy atom.